The molecule has 0 heterocycles. The van der Waals surface area contributed by atoms with Crippen molar-refractivity contribution in [3.05, 3.63) is 146 Å². The molecule has 0 aliphatic heterocycles. The minimum absolute atomic E-state index is 0.0419. The fourth-order valence-corrected chi connectivity index (χ4v) is 8.74. The van der Waals surface area contributed by atoms with Crippen molar-refractivity contribution in [2.75, 3.05) is 47.5 Å². The minimum Gasteiger partial charge on any atom is -0.756 e. The van der Waals surface area contributed by atoms with Gasteiger partial charge in [-0.15, -0.1) is 0 Å². The van der Waals surface area contributed by atoms with Gasteiger partial charge in [0.05, 0.1) is 27.7 Å². The average Bonchev–Trinajstić information content (AvgIpc) is 3.42. The number of hydrogen-bond acceptors (Lipinski definition) is 8. The number of carbonyl (C=O) groups excluding carboxylic acids is 2. The van der Waals surface area contributed by atoms with Crippen LogP contribution in [0.4, 0.5) is 0 Å². The van der Waals surface area contributed by atoms with Gasteiger partial charge in [-0.1, -0.05) is 243 Å². The highest BCUT2D eigenvalue weighted by molar-refractivity contribution is 7.45. The summed E-state index contributed by atoms with van der Waals surface area (Å²) in [6, 6.07) is 0. The Kier molecular flexibility index (Phi) is 56.5. The molecule has 0 aromatic carbocycles. The van der Waals surface area contributed by atoms with Gasteiger partial charge in [-0.05, 0) is 122 Å². The Morgan fingerprint density at radius 2 is 0.713 bits per heavy atom. The highest BCUT2D eigenvalue weighted by atomic mass is 31.2. The van der Waals surface area contributed by atoms with E-state index in [0.717, 1.165) is 135 Å². The number of allylic oxidation sites excluding steroid dienone is 24. The largest absolute Gasteiger partial charge is 0.756 e. The lowest BCUT2D eigenvalue weighted by Gasteiger charge is -2.28. The molecule has 0 fully saturated rings. The predicted molar refractivity (Wildman–Crippen MR) is 341 cm³/mol. The van der Waals surface area contributed by atoms with Gasteiger partial charge >= 0.3 is 11.9 Å². The van der Waals surface area contributed by atoms with E-state index in [1.54, 1.807) is 0 Å². The molecule has 0 N–H and O–H groups in total. The van der Waals surface area contributed by atoms with E-state index in [1.165, 1.54) is 57.8 Å². The molecule has 0 rings (SSSR count). The number of rotatable bonds is 56. The first kappa shape index (κ1) is 75.9. The zero-order chi connectivity index (χ0) is 58.4. The summed E-state index contributed by atoms with van der Waals surface area (Å²) in [5, 5.41) is 0. The average molecular weight is 1130 g/mol. The molecule has 0 amide bonds. The smallest absolute Gasteiger partial charge is 0.306 e. The molecule has 80 heavy (non-hydrogen) atoms. The molecule has 2 unspecified atom stereocenters. The number of phosphoric acid groups is 1. The third-order valence-electron chi connectivity index (χ3n) is 12.8. The maximum Gasteiger partial charge on any atom is 0.306 e. The van der Waals surface area contributed by atoms with E-state index in [4.69, 9.17) is 18.5 Å². The molecule has 0 aliphatic carbocycles. The molecular weight excluding hydrogens is 1010 g/mol. The van der Waals surface area contributed by atoms with Crippen molar-refractivity contribution in [3.8, 4) is 0 Å². The van der Waals surface area contributed by atoms with Crippen molar-refractivity contribution in [1.29, 1.82) is 0 Å². The number of hydrogen-bond donors (Lipinski definition) is 0. The van der Waals surface area contributed by atoms with Crippen LogP contribution in [0.3, 0.4) is 0 Å². The summed E-state index contributed by atoms with van der Waals surface area (Å²) in [7, 11) is 1.13. The molecule has 454 valence electrons. The third-order valence-corrected chi connectivity index (χ3v) is 13.8. The molecule has 10 heteroatoms. The molecule has 0 saturated heterocycles. The number of likely N-dealkylation sites (N-methyl/N-ethyl adjacent to an activating group) is 1. The Morgan fingerprint density at radius 1 is 0.400 bits per heavy atom. The summed E-state index contributed by atoms with van der Waals surface area (Å²) in [5.41, 5.74) is 0. The molecule has 0 radical (unpaired) electrons. The predicted octanol–water partition coefficient (Wildman–Crippen LogP) is 19.6. The van der Waals surface area contributed by atoms with E-state index in [9.17, 15) is 19.0 Å². The Balaban J connectivity index is 4.17. The first-order chi connectivity index (χ1) is 39.0. The number of unbranched alkanes of at least 4 members (excludes halogenated alkanes) is 18. The van der Waals surface area contributed by atoms with Gasteiger partial charge in [0.25, 0.3) is 7.82 Å². The third kappa shape index (κ3) is 63.1. The lowest BCUT2D eigenvalue weighted by Crippen LogP contribution is -2.37. The second-order valence-corrected chi connectivity index (χ2v) is 23.1. The van der Waals surface area contributed by atoms with Gasteiger partial charge in [-0.3, -0.25) is 14.2 Å². The van der Waals surface area contributed by atoms with Crippen LogP contribution in [0.15, 0.2) is 146 Å². The lowest BCUT2D eigenvalue weighted by molar-refractivity contribution is -0.870. The highest BCUT2D eigenvalue weighted by Gasteiger charge is 2.22. The number of nitrogens with zero attached hydrogens (tertiary/aromatic N) is 1. The van der Waals surface area contributed by atoms with Crippen molar-refractivity contribution in [2.24, 2.45) is 0 Å². The Hall–Kier alpha value is -4.11. The second kappa shape index (κ2) is 59.5. The van der Waals surface area contributed by atoms with Crippen LogP contribution < -0.4 is 4.89 Å². The second-order valence-electron chi connectivity index (χ2n) is 21.7. The molecular formula is C70H116NO8P. The van der Waals surface area contributed by atoms with Crippen molar-refractivity contribution in [1.82, 2.24) is 0 Å². The summed E-state index contributed by atoms with van der Waals surface area (Å²) in [5.74, 6) is -0.864. The molecule has 0 bridgehead atoms. The zero-order valence-electron chi connectivity index (χ0n) is 51.5. The van der Waals surface area contributed by atoms with Gasteiger partial charge in [-0.2, -0.15) is 0 Å². The van der Waals surface area contributed by atoms with Gasteiger partial charge in [0.1, 0.15) is 19.8 Å². The quantitative estimate of drug-likeness (QED) is 0.0195. The lowest BCUT2D eigenvalue weighted by atomic mass is 10.1. The molecule has 0 aliphatic rings. The van der Waals surface area contributed by atoms with Gasteiger partial charge in [0.2, 0.25) is 0 Å². The van der Waals surface area contributed by atoms with Crippen LogP contribution >= 0.6 is 7.82 Å². The summed E-state index contributed by atoms with van der Waals surface area (Å²) < 4.78 is 34.2. The Bertz CT molecular complexity index is 1860. The van der Waals surface area contributed by atoms with Gasteiger partial charge in [0.15, 0.2) is 6.10 Å². The van der Waals surface area contributed by atoms with E-state index < -0.39 is 32.5 Å². The van der Waals surface area contributed by atoms with Gasteiger partial charge < -0.3 is 27.9 Å². The number of phosphoric ester groups is 1. The molecule has 9 nitrogen and oxygen atoms in total. The number of esters is 2. The van der Waals surface area contributed by atoms with Crippen molar-refractivity contribution < 1.29 is 42.1 Å². The van der Waals surface area contributed by atoms with Gasteiger partial charge in [0, 0.05) is 12.8 Å². The summed E-state index contributed by atoms with van der Waals surface area (Å²) in [6.07, 6.45) is 87.5. The van der Waals surface area contributed by atoms with Crippen molar-refractivity contribution in [2.45, 2.75) is 238 Å². The summed E-state index contributed by atoms with van der Waals surface area (Å²) in [4.78, 5) is 37.9. The molecule has 0 aromatic rings. The van der Waals surface area contributed by atoms with Gasteiger partial charge in [-0.25, -0.2) is 0 Å². The van der Waals surface area contributed by atoms with E-state index in [0.29, 0.717) is 23.9 Å². The van der Waals surface area contributed by atoms with E-state index in [2.05, 4.69) is 160 Å². The van der Waals surface area contributed by atoms with Crippen LogP contribution in [0.5, 0.6) is 0 Å². The van der Waals surface area contributed by atoms with Crippen molar-refractivity contribution >= 4 is 19.8 Å². The fraction of sp³-hybridized carbons (Fsp3) is 0.629. The van der Waals surface area contributed by atoms with Crippen LogP contribution in [0, 0.1) is 0 Å². The molecule has 2 atom stereocenters. The number of ether oxygens (including phenoxy) is 2. The highest BCUT2D eigenvalue weighted by Crippen LogP contribution is 2.38. The van der Waals surface area contributed by atoms with E-state index in [-0.39, 0.29) is 26.1 Å². The topological polar surface area (TPSA) is 111 Å². The summed E-state index contributed by atoms with van der Waals surface area (Å²) in [6.45, 7) is 4.06. The van der Waals surface area contributed by atoms with Crippen LogP contribution in [0.25, 0.3) is 0 Å². The van der Waals surface area contributed by atoms with E-state index in [1.807, 2.05) is 21.1 Å². The van der Waals surface area contributed by atoms with Crippen LogP contribution in [-0.2, 0) is 32.7 Å². The zero-order valence-corrected chi connectivity index (χ0v) is 52.4. The normalized spacial score (nSPS) is 14.2. The Labute approximate surface area is 491 Å². The van der Waals surface area contributed by atoms with Crippen LogP contribution in [0.1, 0.15) is 232 Å². The first-order valence-corrected chi connectivity index (χ1v) is 33.0. The van der Waals surface area contributed by atoms with Crippen LogP contribution in [0.2, 0.25) is 0 Å². The standard InChI is InChI=1S/C70H116NO8P/c1-6-8-10-12-14-16-18-20-22-24-26-27-28-29-30-31-32-33-34-35-36-37-38-39-40-41-42-43-45-47-49-51-53-55-57-59-61-63-70(73)79-68(67-78-80(74,75)77-65-64-71(3,4)5)66-76-69(72)62-60-58-56-54-52-50-48-46-44-25-23-21-19-17-15-13-11-9-7-2/h8,10,14-17,20-23,26-27,29-30,32-33,35-36,38-39,41-42,44,46,68H,6-7,9,11-13,18-19,24-25,28,31,34,37,40,43,45,47-67H2,1-5H3/b10-8-,16-14-,17-15-,22-20-,23-21-,27-26-,30-29-,33-32-,36-35-,39-38-,42-41-,46-44-. The number of quaternary nitrogens is 1. The SMILES string of the molecule is CC/C=C\C/C=C\C/C=C\C/C=C\C/C=C\C/C=C\C/C=C\C/C=C\C/C=C\CCCCCCCCCCCC(=O)OC(COC(=O)CCCCCCCC/C=C\C/C=C\C/C=C\CCCCC)COP(=O)([O-])OCC[N+](C)(C)C. The summed E-state index contributed by atoms with van der Waals surface area (Å²) >= 11 is 0. The minimum atomic E-state index is -4.65. The Morgan fingerprint density at radius 3 is 1.06 bits per heavy atom. The molecule has 0 spiro atoms. The molecule has 0 saturated carbocycles. The maximum absolute atomic E-state index is 12.8. The van der Waals surface area contributed by atoms with E-state index >= 15 is 0 Å². The fourth-order valence-electron chi connectivity index (χ4n) is 8.01. The monoisotopic (exact) mass is 1130 g/mol. The van der Waals surface area contributed by atoms with Crippen LogP contribution in [-0.4, -0.2) is 70.0 Å². The maximum atomic E-state index is 12.8. The molecule has 0 aromatic heterocycles. The van der Waals surface area contributed by atoms with Crippen molar-refractivity contribution in [3.63, 3.8) is 0 Å². The number of carbonyl (C=O) groups is 2. The first-order valence-electron chi connectivity index (χ1n) is 31.5.